The van der Waals surface area contributed by atoms with E-state index in [-0.39, 0.29) is 66.1 Å². The summed E-state index contributed by atoms with van der Waals surface area (Å²) in [6, 6.07) is 40.3. The Morgan fingerprint density at radius 2 is 1.29 bits per heavy atom. The lowest BCUT2D eigenvalue weighted by atomic mass is 10.0. The Bertz CT molecular complexity index is 2400. The number of carbonyl (C=O) groups excluding carboxylic acids is 2. The number of ether oxygens (including phenoxy) is 1. The van der Waals surface area contributed by atoms with Crippen molar-refractivity contribution in [2.24, 2.45) is 0 Å². The van der Waals surface area contributed by atoms with Crippen LogP contribution in [0.1, 0.15) is 58.9 Å². The first-order chi connectivity index (χ1) is 28.7. The Balaban J connectivity index is 1.04. The highest BCUT2D eigenvalue weighted by molar-refractivity contribution is 7.80. The van der Waals surface area contributed by atoms with Crippen LogP contribution in [-0.2, 0) is 68.4 Å². The molecule has 59 heavy (non-hydrogen) atoms. The number of hydrogen-bond donors (Lipinski definition) is 4. The van der Waals surface area contributed by atoms with Crippen molar-refractivity contribution < 1.29 is 57.4 Å². The van der Waals surface area contributed by atoms with Crippen LogP contribution in [0.2, 0.25) is 0 Å². The van der Waals surface area contributed by atoms with Crippen LogP contribution in [0.15, 0.2) is 150 Å². The second kappa shape index (κ2) is 21.2. The first kappa shape index (κ1) is 41.9. The van der Waals surface area contributed by atoms with Crippen molar-refractivity contribution in [2.75, 3.05) is 10.8 Å². The zero-order valence-electron chi connectivity index (χ0n) is 31.3. The van der Waals surface area contributed by atoms with Gasteiger partial charge in [0.15, 0.2) is 0 Å². The van der Waals surface area contributed by atoms with Crippen LogP contribution < -0.4 is 15.0 Å². The van der Waals surface area contributed by atoms with Crippen LogP contribution in [0.3, 0.4) is 0 Å². The number of benzene rings is 6. The lowest BCUT2D eigenvalue weighted by Crippen LogP contribution is -2.17. The third-order valence-electron chi connectivity index (χ3n) is 8.52. The molecule has 0 aliphatic rings. The molecule has 15 heteroatoms. The van der Waals surface area contributed by atoms with E-state index in [4.69, 9.17) is 28.8 Å². The number of aromatic carboxylic acids is 1. The first-order valence-corrected chi connectivity index (χ1v) is 19.1. The Labute approximate surface area is 341 Å². The van der Waals surface area contributed by atoms with Gasteiger partial charge in [-0.15, -0.1) is 0 Å². The molecule has 1 unspecified atom stereocenters. The average molecular weight is 819 g/mol. The van der Waals surface area contributed by atoms with Gasteiger partial charge in [0, 0.05) is 11.8 Å². The van der Waals surface area contributed by atoms with Gasteiger partial charge in [0.1, 0.15) is 38.8 Å². The van der Waals surface area contributed by atoms with E-state index in [1.165, 1.54) is 24.3 Å². The van der Waals surface area contributed by atoms with Gasteiger partial charge in [0.05, 0.1) is 27.3 Å². The predicted molar refractivity (Wildman–Crippen MR) is 215 cm³/mol. The van der Waals surface area contributed by atoms with E-state index in [1.807, 2.05) is 60.7 Å². The number of carbonyl (C=O) groups is 3. The summed E-state index contributed by atoms with van der Waals surface area (Å²) in [5.74, 6) is -2.31. The maximum Gasteiger partial charge on any atom is 0.338 e. The molecule has 0 saturated heterocycles. The summed E-state index contributed by atoms with van der Waals surface area (Å²) in [6.07, 6.45) is 0. The Hall–Kier alpha value is -6.72. The van der Waals surface area contributed by atoms with Crippen LogP contribution in [0.25, 0.3) is 0 Å². The molecule has 0 saturated carbocycles. The van der Waals surface area contributed by atoms with Crippen LogP contribution in [0, 0.1) is 0 Å². The van der Waals surface area contributed by atoms with Gasteiger partial charge in [0.25, 0.3) is 5.91 Å². The van der Waals surface area contributed by atoms with Crippen molar-refractivity contribution in [3.05, 3.63) is 190 Å². The number of carboxylic acids is 1. The zero-order valence-corrected chi connectivity index (χ0v) is 32.1. The summed E-state index contributed by atoms with van der Waals surface area (Å²) in [5, 5.41) is 21.5. The molecule has 0 radical (unpaired) electrons. The van der Waals surface area contributed by atoms with Gasteiger partial charge in [-0.1, -0.05) is 84.9 Å². The highest BCUT2D eigenvalue weighted by atomic mass is 32.2. The molecule has 0 aromatic heterocycles. The molecule has 6 aromatic carbocycles. The van der Waals surface area contributed by atoms with Crippen LogP contribution in [0.4, 0.5) is 11.4 Å². The number of rotatable bonds is 20. The quantitative estimate of drug-likeness (QED) is 0.0250. The Kier molecular flexibility index (Phi) is 15.0. The predicted octanol–water partition coefficient (Wildman–Crippen LogP) is 8.28. The van der Waals surface area contributed by atoms with Crippen molar-refractivity contribution in [1.82, 2.24) is 0 Å². The van der Waals surface area contributed by atoms with Crippen LogP contribution in [0.5, 0.6) is 5.75 Å². The standard InChI is InChI=1S/C44H38N2O12S/c47-42(41-21-32(17-20-40(41)43(48)49)27-57-56-26-31-11-5-2-6-12-31)45-36-13-8-16-39(24-36)59(52)58-38-15-7-14-37(23-38)46-54-28-35-22-33(18-19-34(35)29-55-51)44(50)53-25-30-9-3-1-4-10-30/h1-24,46,51H,25-29H2,(H,45,47)(H,48,49). The van der Waals surface area contributed by atoms with Gasteiger partial charge in [-0.05, 0) is 82.4 Å². The zero-order chi connectivity index (χ0) is 41.4. The van der Waals surface area contributed by atoms with E-state index in [1.54, 1.807) is 60.7 Å². The smallest absolute Gasteiger partial charge is 0.338 e. The molecule has 0 bridgehead atoms. The van der Waals surface area contributed by atoms with E-state index < -0.39 is 28.9 Å². The largest absolute Gasteiger partial charge is 0.478 e. The second-order valence-corrected chi connectivity index (χ2v) is 13.8. The number of anilines is 2. The average Bonchev–Trinajstić information content (AvgIpc) is 3.25. The van der Waals surface area contributed by atoms with E-state index in [2.05, 4.69) is 15.7 Å². The third kappa shape index (κ3) is 12.4. The summed E-state index contributed by atoms with van der Waals surface area (Å²) in [6.45, 7) is 0.0920. The monoisotopic (exact) mass is 818 g/mol. The highest BCUT2D eigenvalue weighted by Crippen LogP contribution is 2.24. The molecule has 6 rings (SSSR count). The lowest BCUT2D eigenvalue weighted by molar-refractivity contribution is -0.313. The van der Waals surface area contributed by atoms with Crippen LogP contribution >= 0.6 is 0 Å². The molecular formula is C44H38N2O12S. The minimum absolute atomic E-state index is 0.0373. The van der Waals surface area contributed by atoms with Gasteiger partial charge in [-0.3, -0.25) is 20.4 Å². The van der Waals surface area contributed by atoms with Crippen molar-refractivity contribution in [2.45, 2.75) is 37.9 Å². The molecular weight excluding hydrogens is 781 g/mol. The molecule has 0 heterocycles. The number of hydrogen-bond acceptors (Lipinski definition) is 12. The Morgan fingerprint density at radius 3 is 2.02 bits per heavy atom. The van der Waals surface area contributed by atoms with E-state index in [9.17, 15) is 23.7 Å². The molecule has 0 spiro atoms. The molecule has 0 fully saturated rings. The Morgan fingerprint density at radius 1 is 0.593 bits per heavy atom. The lowest BCUT2D eigenvalue weighted by Gasteiger charge is -2.13. The summed E-state index contributed by atoms with van der Waals surface area (Å²) in [5.41, 5.74) is 6.82. The fraction of sp³-hybridized carbons (Fsp3) is 0.114. The molecule has 6 aromatic rings. The third-order valence-corrected chi connectivity index (χ3v) is 9.50. The number of esters is 1. The molecule has 0 aliphatic heterocycles. The number of amides is 1. The highest BCUT2D eigenvalue weighted by Gasteiger charge is 2.19. The topological polar surface area (TPSA) is 188 Å². The number of nitrogens with one attached hydrogen (secondary N) is 2. The second-order valence-electron chi connectivity index (χ2n) is 12.7. The normalized spacial score (nSPS) is 11.3. The molecule has 14 nitrogen and oxygen atoms in total. The summed E-state index contributed by atoms with van der Waals surface area (Å²) in [7, 11) is 0. The molecule has 1 amide bonds. The summed E-state index contributed by atoms with van der Waals surface area (Å²) < 4.78 is 24.4. The molecule has 0 aliphatic carbocycles. The van der Waals surface area contributed by atoms with Crippen molar-refractivity contribution in [3.8, 4) is 5.75 Å². The van der Waals surface area contributed by atoms with Gasteiger partial charge in [0.2, 0.25) is 11.1 Å². The van der Waals surface area contributed by atoms with E-state index in [0.717, 1.165) is 11.1 Å². The maximum absolute atomic E-state index is 13.4. The van der Waals surface area contributed by atoms with E-state index in [0.29, 0.717) is 22.4 Å². The van der Waals surface area contributed by atoms with Gasteiger partial charge in [-0.2, -0.15) is 0 Å². The van der Waals surface area contributed by atoms with Gasteiger partial charge >= 0.3 is 11.9 Å². The number of carboxylic acid groups (broad SMARTS) is 1. The van der Waals surface area contributed by atoms with E-state index >= 15 is 0 Å². The van der Waals surface area contributed by atoms with Gasteiger partial charge < -0.3 is 19.3 Å². The first-order valence-electron chi connectivity index (χ1n) is 18.0. The fourth-order valence-corrected chi connectivity index (χ4v) is 6.36. The SMILES string of the molecule is O=C(OCc1ccccc1)c1ccc(COO)c(CONc2cccc(OS(=O)c3cccc(NC(=O)c4cc(COOCc5ccccc5)ccc4C(=O)O)c3)c2)c1. The fourth-order valence-electron chi connectivity index (χ4n) is 5.57. The minimum atomic E-state index is -2.03. The maximum atomic E-state index is 13.4. The summed E-state index contributed by atoms with van der Waals surface area (Å²) in [4.78, 5) is 58.9. The molecule has 1 atom stereocenters. The van der Waals surface area contributed by atoms with Crippen molar-refractivity contribution in [1.29, 1.82) is 0 Å². The van der Waals surface area contributed by atoms with Crippen molar-refractivity contribution >= 4 is 40.3 Å². The van der Waals surface area contributed by atoms with Gasteiger partial charge in [-0.25, -0.2) is 28.5 Å². The molecule has 302 valence electrons. The minimum Gasteiger partial charge on any atom is -0.478 e. The van der Waals surface area contributed by atoms with Crippen LogP contribution in [-0.4, -0.2) is 32.4 Å². The summed E-state index contributed by atoms with van der Waals surface area (Å²) >= 11 is -2.03. The van der Waals surface area contributed by atoms with Crippen molar-refractivity contribution in [3.63, 3.8) is 0 Å². The molecule has 4 N–H and O–H groups in total.